The Labute approximate surface area is 132 Å². The first-order valence-corrected chi connectivity index (χ1v) is 7.77. The number of hydrogen-bond donors (Lipinski definition) is 1. The lowest BCUT2D eigenvalue weighted by molar-refractivity contribution is -0.140. The molecule has 1 aliphatic heterocycles. The molecule has 1 atom stereocenters. The summed E-state index contributed by atoms with van der Waals surface area (Å²) in [5, 5.41) is 0. The van der Waals surface area contributed by atoms with Crippen LogP contribution < -0.4 is 10.5 Å². The fraction of sp³-hybridized carbons (Fsp3) is 0.467. The zero-order valence-corrected chi connectivity index (χ0v) is 13.5. The van der Waals surface area contributed by atoms with Crippen molar-refractivity contribution in [3.05, 3.63) is 28.7 Å². The maximum atomic E-state index is 12.4. The summed E-state index contributed by atoms with van der Waals surface area (Å²) < 4.78 is 6.52. The van der Waals surface area contributed by atoms with Gasteiger partial charge in [0.1, 0.15) is 5.75 Å². The maximum Gasteiger partial charge on any atom is 0.263 e. The summed E-state index contributed by atoms with van der Waals surface area (Å²) in [6, 6.07) is 7.42. The fourth-order valence-corrected chi connectivity index (χ4v) is 2.80. The minimum Gasteiger partial charge on any atom is -0.480 e. The largest absolute Gasteiger partial charge is 0.480 e. The van der Waals surface area contributed by atoms with Gasteiger partial charge in [0, 0.05) is 19.0 Å². The number of carbonyl (C=O) groups is 2. The molecular formula is C15H19BrN2O3. The van der Waals surface area contributed by atoms with Gasteiger partial charge in [0.05, 0.1) is 4.47 Å². The van der Waals surface area contributed by atoms with Crippen molar-refractivity contribution >= 4 is 27.7 Å². The molecule has 2 N–H and O–H groups in total. The number of hydrogen-bond acceptors (Lipinski definition) is 3. The van der Waals surface area contributed by atoms with Crippen LogP contribution in [-0.4, -0.2) is 35.9 Å². The van der Waals surface area contributed by atoms with Crippen molar-refractivity contribution < 1.29 is 14.3 Å². The SMILES string of the molecule is CC(Oc1ccccc1Br)C(=O)N1CCC(C(N)=O)CC1. The Morgan fingerprint density at radius 3 is 2.52 bits per heavy atom. The van der Waals surface area contributed by atoms with Crippen LogP contribution in [0.4, 0.5) is 0 Å². The third-order valence-electron chi connectivity index (χ3n) is 3.70. The van der Waals surface area contributed by atoms with E-state index in [4.69, 9.17) is 10.5 Å². The number of primary amides is 1. The highest BCUT2D eigenvalue weighted by atomic mass is 79.9. The Bertz CT molecular complexity index is 527. The van der Waals surface area contributed by atoms with Gasteiger partial charge < -0.3 is 15.4 Å². The molecule has 1 aliphatic rings. The van der Waals surface area contributed by atoms with E-state index in [1.807, 2.05) is 24.3 Å². The average Bonchev–Trinajstić information content (AvgIpc) is 2.49. The normalized spacial score (nSPS) is 17.3. The lowest BCUT2D eigenvalue weighted by Crippen LogP contribution is -2.46. The van der Waals surface area contributed by atoms with Gasteiger partial charge in [0.15, 0.2) is 6.10 Å². The molecule has 21 heavy (non-hydrogen) atoms. The highest BCUT2D eigenvalue weighted by Crippen LogP contribution is 2.25. The van der Waals surface area contributed by atoms with E-state index >= 15 is 0 Å². The van der Waals surface area contributed by atoms with E-state index in [0.717, 1.165) is 4.47 Å². The number of benzene rings is 1. The number of likely N-dealkylation sites (tertiary alicyclic amines) is 1. The van der Waals surface area contributed by atoms with E-state index in [2.05, 4.69) is 15.9 Å². The number of carbonyl (C=O) groups excluding carboxylic acids is 2. The second-order valence-corrected chi connectivity index (χ2v) is 6.05. The van der Waals surface area contributed by atoms with E-state index in [-0.39, 0.29) is 17.7 Å². The third-order valence-corrected chi connectivity index (χ3v) is 4.35. The summed E-state index contributed by atoms with van der Waals surface area (Å²) in [5.74, 6) is 0.187. The first-order chi connectivity index (χ1) is 9.99. The Hall–Kier alpha value is -1.56. The maximum absolute atomic E-state index is 12.4. The van der Waals surface area contributed by atoms with Gasteiger partial charge in [-0.2, -0.15) is 0 Å². The van der Waals surface area contributed by atoms with E-state index in [1.54, 1.807) is 11.8 Å². The summed E-state index contributed by atoms with van der Waals surface area (Å²) in [4.78, 5) is 25.2. The highest BCUT2D eigenvalue weighted by Gasteiger charge is 2.29. The van der Waals surface area contributed by atoms with Crippen LogP contribution >= 0.6 is 15.9 Å². The van der Waals surface area contributed by atoms with Crippen LogP contribution in [0.15, 0.2) is 28.7 Å². The Balaban J connectivity index is 1.92. The average molecular weight is 355 g/mol. The monoisotopic (exact) mass is 354 g/mol. The van der Waals surface area contributed by atoms with Crippen molar-refractivity contribution in [2.75, 3.05) is 13.1 Å². The number of para-hydroxylation sites is 1. The Morgan fingerprint density at radius 1 is 1.33 bits per heavy atom. The van der Waals surface area contributed by atoms with Crippen molar-refractivity contribution in [2.24, 2.45) is 11.7 Å². The van der Waals surface area contributed by atoms with Gasteiger partial charge in [-0.3, -0.25) is 9.59 Å². The Morgan fingerprint density at radius 2 is 1.95 bits per heavy atom. The topological polar surface area (TPSA) is 72.6 Å². The second-order valence-electron chi connectivity index (χ2n) is 5.19. The quantitative estimate of drug-likeness (QED) is 0.897. The molecule has 1 unspecified atom stereocenters. The predicted molar refractivity (Wildman–Crippen MR) is 82.7 cm³/mol. The number of nitrogens with two attached hydrogens (primary N) is 1. The van der Waals surface area contributed by atoms with Gasteiger partial charge in [-0.1, -0.05) is 12.1 Å². The molecule has 0 radical (unpaired) electrons. The van der Waals surface area contributed by atoms with Crippen molar-refractivity contribution in [2.45, 2.75) is 25.9 Å². The van der Waals surface area contributed by atoms with Crippen LogP contribution in [0, 0.1) is 5.92 Å². The molecule has 1 saturated heterocycles. The van der Waals surface area contributed by atoms with E-state index in [1.165, 1.54) is 0 Å². The lowest BCUT2D eigenvalue weighted by Gasteiger charge is -2.32. The number of ether oxygens (including phenoxy) is 1. The molecule has 5 nitrogen and oxygen atoms in total. The summed E-state index contributed by atoms with van der Waals surface area (Å²) >= 11 is 3.39. The van der Waals surface area contributed by atoms with Crippen LogP contribution in [-0.2, 0) is 9.59 Å². The Kier molecular flexibility index (Phi) is 5.22. The number of nitrogens with zero attached hydrogens (tertiary/aromatic N) is 1. The summed E-state index contributed by atoms with van der Waals surface area (Å²) in [7, 11) is 0. The molecule has 1 aromatic rings. The minimum absolute atomic E-state index is 0.0614. The van der Waals surface area contributed by atoms with Gasteiger partial charge in [-0.25, -0.2) is 0 Å². The molecule has 6 heteroatoms. The number of amides is 2. The molecule has 2 rings (SSSR count). The summed E-state index contributed by atoms with van der Waals surface area (Å²) in [6.07, 6.45) is 0.694. The third kappa shape index (κ3) is 3.97. The zero-order chi connectivity index (χ0) is 15.4. The molecule has 0 spiro atoms. The summed E-state index contributed by atoms with van der Waals surface area (Å²) in [5.41, 5.74) is 5.30. The number of piperidine rings is 1. The molecule has 0 aromatic heterocycles. The molecule has 1 fully saturated rings. The van der Waals surface area contributed by atoms with E-state index in [9.17, 15) is 9.59 Å². The van der Waals surface area contributed by atoms with Crippen molar-refractivity contribution in [3.8, 4) is 5.75 Å². The van der Waals surface area contributed by atoms with Crippen LogP contribution in [0.2, 0.25) is 0 Å². The standard InChI is InChI=1S/C15H19BrN2O3/c1-10(21-13-5-3-2-4-12(13)16)15(20)18-8-6-11(7-9-18)14(17)19/h2-5,10-11H,6-9H2,1H3,(H2,17,19). The smallest absolute Gasteiger partial charge is 0.263 e. The van der Waals surface area contributed by atoms with E-state index < -0.39 is 6.10 Å². The molecule has 1 heterocycles. The predicted octanol–water partition coefficient (Wildman–Crippen LogP) is 1.94. The second kappa shape index (κ2) is 6.93. The molecule has 114 valence electrons. The molecule has 1 aromatic carbocycles. The zero-order valence-electron chi connectivity index (χ0n) is 11.9. The van der Waals surface area contributed by atoms with Crippen LogP contribution in [0.1, 0.15) is 19.8 Å². The van der Waals surface area contributed by atoms with Gasteiger partial charge in [0.25, 0.3) is 5.91 Å². The van der Waals surface area contributed by atoms with Crippen LogP contribution in [0.25, 0.3) is 0 Å². The first kappa shape index (κ1) is 15.8. The molecule has 0 saturated carbocycles. The van der Waals surface area contributed by atoms with Gasteiger partial charge in [-0.05, 0) is 47.8 Å². The fourth-order valence-electron chi connectivity index (χ4n) is 2.42. The first-order valence-electron chi connectivity index (χ1n) is 6.98. The molecule has 0 bridgehead atoms. The van der Waals surface area contributed by atoms with Crippen molar-refractivity contribution in [3.63, 3.8) is 0 Å². The van der Waals surface area contributed by atoms with Crippen molar-refractivity contribution in [1.82, 2.24) is 4.90 Å². The van der Waals surface area contributed by atoms with Gasteiger partial charge >= 0.3 is 0 Å². The van der Waals surface area contributed by atoms with Crippen LogP contribution in [0.5, 0.6) is 5.75 Å². The highest BCUT2D eigenvalue weighted by molar-refractivity contribution is 9.10. The van der Waals surface area contributed by atoms with Gasteiger partial charge in [0.2, 0.25) is 5.91 Å². The van der Waals surface area contributed by atoms with Crippen molar-refractivity contribution in [1.29, 1.82) is 0 Å². The minimum atomic E-state index is -0.561. The summed E-state index contributed by atoms with van der Waals surface area (Å²) in [6.45, 7) is 2.84. The molecule has 0 aliphatic carbocycles. The van der Waals surface area contributed by atoms with Crippen LogP contribution in [0.3, 0.4) is 0 Å². The molecule has 2 amide bonds. The lowest BCUT2D eigenvalue weighted by atomic mass is 9.96. The number of rotatable bonds is 4. The van der Waals surface area contributed by atoms with E-state index in [0.29, 0.717) is 31.7 Å². The molecular weight excluding hydrogens is 336 g/mol. The number of halogens is 1. The van der Waals surface area contributed by atoms with Gasteiger partial charge in [-0.15, -0.1) is 0 Å².